The maximum Gasteiger partial charge on any atom is 0.0516 e. The number of hydrogen-bond acceptors (Lipinski definition) is 0. The first kappa shape index (κ1) is 20.9. The molecule has 0 radical (unpaired) electrons. The predicted molar refractivity (Wildman–Crippen MR) is 117 cm³/mol. The first-order chi connectivity index (χ1) is 14.8. The molecule has 1 aliphatic carbocycles. The number of para-hydroxylation sites is 1. The van der Waals surface area contributed by atoms with Gasteiger partial charge in [0.2, 0.25) is 0 Å². The Hall–Kier alpha value is -2.32. The maximum atomic E-state index is 9.80. The zero-order chi connectivity index (χ0) is 20.8. The standard InChI is InChI=1S/C21H18N.C5H5.2FH.Zr/c1-2-8-16-14-17(13-15(16)7-1)22-20-11-5-3-9-18(20)19-10-4-6-12-21(19)22;1-2-4-5-3-1;;;/h1-3,5,7-9,11,13-14H,4,6,10,12H2;1-5H;2*1H;/q2*-1;;;+4/p-2. The van der Waals surface area contributed by atoms with Crippen LogP contribution in [0.15, 0.2) is 91.0 Å². The molecular weight excluding hydrogens is 456 g/mol. The fraction of sp³-hybridized carbons (Fsp3) is 0.154. The molecule has 0 atom stereocenters. The van der Waals surface area contributed by atoms with E-state index in [0.29, 0.717) is 0 Å². The minimum absolute atomic E-state index is 1.20. The molecule has 0 aliphatic heterocycles. The van der Waals surface area contributed by atoms with Gasteiger partial charge >= 0.3 is 29.7 Å². The molecule has 0 spiro atoms. The fourth-order valence-electron chi connectivity index (χ4n) is 4.37. The van der Waals surface area contributed by atoms with Gasteiger partial charge in [-0.15, -0.1) is 41.1 Å². The number of nitrogens with zero attached hydrogens (tertiary/aromatic N) is 1. The molecule has 30 heavy (non-hydrogen) atoms. The van der Waals surface area contributed by atoms with Crippen LogP contribution in [0.1, 0.15) is 24.1 Å². The summed E-state index contributed by atoms with van der Waals surface area (Å²) >= 11 is -2.77. The Kier molecular flexibility index (Phi) is 7.07. The minimum Gasteiger partial charge on any atom is -0.332 e. The van der Waals surface area contributed by atoms with E-state index in [-0.39, 0.29) is 0 Å². The van der Waals surface area contributed by atoms with E-state index >= 15 is 0 Å². The molecule has 0 amide bonds. The molecule has 4 heteroatoms. The van der Waals surface area contributed by atoms with E-state index in [2.05, 4.69) is 65.2 Å². The van der Waals surface area contributed by atoms with Crippen LogP contribution in [0.5, 0.6) is 0 Å². The molecule has 1 aromatic heterocycles. The Labute approximate surface area is 189 Å². The molecule has 1 heterocycles. The largest absolute Gasteiger partial charge is 0.332 e. The van der Waals surface area contributed by atoms with E-state index in [9.17, 15) is 5.25 Å². The Morgan fingerprint density at radius 3 is 2.27 bits per heavy atom. The van der Waals surface area contributed by atoms with E-state index in [0.717, 1.165) is 0 Å². The van der Waals surface area contributed by atoms with Gasteiger partial charge in [0.1, 0.15) is 0 Å². The van der Waals surface area contributed by atoms with Gasteiger partial charge in [-0.1, -0.05) is 24.3 Å². The van der Waals surface area contributed by atoms with E-state index in [1.807, 2.05) is 30.3 Å². The van der Waals surface area contributed by atoms with Gasteiger partial charge in [-0.25, -0.2) is 12.1 Å². The van der Waals surface area contributed by atoms with Crippen LogP contribution in [0.3, 0.4) is 0 Å². The summed E-state index contributed by atoms with van der Waals surface area (Å²) in [5.74, 6) is 0. The van der Waals surface area contributed by atoms with Crippen molar-refractivity contribution in [1.29, 1.82) is 0 Å². The van der Waals surface area contributed by atoms with Crippen molar-refractivity contribution in [3.8, 4) is 5.69 Å². The molecule has 0 N–H and O–H groups in total. The second-order valence-electron chi connectivity index (χ2n) is 7.36. The predicted octanol–water partition coefficient (Wildman–Crippen LogP) is 7.62. The summed E-state index contributed by atoms with van der Waals surface area (Å²) in [4.78, 5) is 0. The molecule has 150 valence electrons. The summed E-state index contributed by atoms with van der Waals surface area (Å²) in [5.41, 5.74) is 5.79. The van der Waals surface area contributed by atoms with Crippen LogP contribution in [0.25, 0.3) is 27.4 Å². The van der Waals surface area contributed by atoms with Gasteiger partial charge in [0.15, 0.2) is 0 Å². The number of aromatic nitrogens is 1. The van der Waals surface area contributed by atoms with Crippen LogP contribution in [0, 0.1) is 0 Å². The average molecular weight is 479 g/mol. The number of benzene rings is 2. The summed E-state index contributed by atoms with van der Waals surface area (Å²) in [7, 11) is 0. The van der Waals surface area contributed by atoms with Crippen LogP contribution < -0.4 is 0 Å². The molecule has 1 aliphatic rings. The topological polar surface area (TPSA) is 4.93 Å². The van der Waals surface area contributed by atoms with Crippen LogP contribution in [-0.2, 0) is 37.3 Å². The van der Waals surface area contributed by atoms with Crippen molar-refractivity contribution in [3.05, 3.63) is 102 Å². The first-order valence-electron chi connectivity index (χ1n) is 10.2. The van der Waals surface area contributed by atoms with E-state index < -0.39 is 24.5 Å². The van der Waals surface area contributed by atoms with Gasteiger partial charge in [-0.05, 0) is 43.0 Å². The van der Waals surface area contributed by atoms with Gasteiger partial charge in [0, 0.05) is 11.1 Å². The molecule has 4 aromatic carbocycles. The Morgan fingerprint density at radius 2 is 1.53 bits per heavy atom. The fourth-order valence-corrected chi connectivity index (χ4v) is 4.37. The number of rotatable bonds is 1. The molecule has 1 nitrogen and oxygen atoms in total. The number of aryl methyl sites for hydroxylation is 1. The van der Waals surface area contributed by atoms with Crippen molar-refractivity contribution in [2.24, 2.45) is 0 Å². The van der Waals surface area contributed by atoms with Crippen molar-refractivity contribution in [3.63, 3.8) is 0 Å². The number of hydrogen-bond donors (Lipinski definition) is 0. The van der Waals surface area contributed by atoms with Crippen LogP contribution in [0.4, 0.5) is 5.25 Å². The van der Waals surface area contributed by atoms with Crippen LogP contribution >= 0.6 is 0 Å². The minimum atomic E-state index is -2.77. The van der Waals surface area contributed by atoms with Gasteiger partial charge in [-0.2, -0.15) is 18.2 Å². The molecule has 0 unspecified atom stereocenters. The van der Waals surface area contributed by atoms with E-state index in [4.69, 9.17) is 0 Å². The Balaban J connectivity index is 0.000000233. The SMILES string of the molecule is [F][Zr+2][F].c1cc[cH-]c1.c1ccc2[cH-]c(-n3c4c(c5ccccc53)CCCC4)cc2c1. The van der Waals surface area contributed by atoms with E-state index in [1.54, 1.807) is 5.56 Å². The summed E-state index contributed by atoms with van der Waals surface area (Å²) in [6, 6.07) is 32.2. The van der Waals surface area contributed by atoms with Crippen molar-refractivity contribution < 1.29 is 29.7 Å². The molecule has 6 rings (SSSR count). The number of halogens is 2. The van der Waals surface area contributed by atoms with Crippen molar-refractivity contribution >= 4 is 21.7 Å². The second kappa shape index (κ2) is 10.1. The summed E-state index contributed by atoms with van der Waals surface area (Å²) in [5, 5.41) is 4.11. The molecule has 0 fully saturated rings. The first-order valence-corrected chi connectivity index (χ1v) is 12.1. The smallest absolute Gasteiger partial charge is 0.0516 e. The second-order valence-corrected chi connectivity index (χ2v) is 7.71. The third-order valence-corrected chi connectivity index (χ3v) is 5.60. The average Bonchev–Trinajstić information content (AvgIpc) is 3.53. The van der Waals surface area contributed by atoms with E-state index in [1.165, 1.54) is 58.7 Å². The van der Waals surface area contributed by atoms with Gasteiger partial charge < -0.3 is 4.57 Å². The zero-order valence-corrected chi connectivity index (χ0v) is 19.1. The van der Waals surface area contributed by atoms with Gasteiger partial charge in [0.05, 0.1) is 5.52 Å². The third-order valence-electron chi connectivity index (χ3n) is 5.60. The Morgan fingerprint density at radius 1 is 0.833 bits per heavy atom. The monoisotopic (exact) mass is 477 g/mol. The Bertz CT molecular complexity index is 1150. The number of fused-ring (bicyclic) bond motifs is 4. The van der Waals surface area contributed by atoms with Gasteiger partial charge in [-0.3, -0.25) is 0 Å². The zero-order valence-electron chi connectivity index (χ0n) is 16.7. The third kappa shape index (κ3) is 4.39. The maximum absolute atomic E-state index is 9.80. The molecule has 0 saturated heterocycles. The van der Waals surface area contributed by atoms with Crippen LogP contribution in [0.2, 0.25) is 0 Å². The summed E-state index contributed by atoms with van der Waals surface area (Å²) < 4.78 is 22.1. The normalized spacial score (nSPS) is 12.3. The molecular formula is C26H23F2NZr. The van der Waals surface area contributed by atoms with Crippen molar-refractivity contribution in [1.82, 2.24) is 4.57 Å². The van der Waals surface area contributed by atoms with Crippen molar-refractivity contribution in [2.45, 2.75) is 25.7 Å². The molecule has 0 bridgehead atoms. The van der Waals surface area contributed by atoms with Gasteiger partial charge in [0.25, 0.3) is 0 Å². The summed E-state index contributed by atoms with van der Waals surface area (Å²) in [6.07, 6.45) is 5.06. The van der Waals surface area contributed by atoms with Crippen LogP contribution in [-0.4, -0.2) is 4.57 Å². The van der Waals surface area contributed by atoms with Crippen molar-refractivity contribution in [2.75, 3.05) is 0 Å². The molecule has 5 aromatic rings. The molecule has 0 saturated carbocycles. The summed E-state index contributed by atoms with van der Waals surface area (Å²) in [6.45, 7) is 0. The quantitative estimate of drug-likeness (QED) is 0.218.